The van der Waals surface area contributed by atoms with Crippen LogP contribution in [0.4, 0.5) is 4.39 Å². The molecule has 0 aliphatic heterocycles. The molecule has 0 radical (unpaired) electrons. The van der Waals surface area contributed by atoms with Crippen molar-refractivity contribution in [2.24, 2.45) is 0 Å². The summed E-state index contributed by atoms with van der Waals surface area (Å²) in [6.45, 7) is 0. The lowest BCUT2D eigenvalue weighted by Crippen LogP contribution is -2.14. The van der Waals surface area contributed by atoms with Crippen molar-refractivity contribution < 1.29 is 23.9 Å². The Morgan fingerprint density at radius 2 is 1.88 bits per heavy atom. The maximum Gasteiger partial charge on any atom is 0.267 e. The van der Waals surface area contributed by atoms with Crippen molar-refractivity contribution in [3.63, 3.8) is 0 Å². The molecule has 128 valence electrons. The monoisotopic (exact) mass is 341 g/mol. The Bertz CT molecular complexity index is 843. The fraction of sp³-hybridized carbons (Fsp3) is 0.0526. The second kappa shape index (κ2) is 8.56. The first-order valence-electron chi connectivity index (χ1n) is 7.32. The van der Waals surface area contributed by atoms with E-state index < -0.39 is 11.7 Å². The van der Waals surface area contributed by atoms with Gasteiger partial charge in [-0.3, -0.25) is 14.8 Å². The molecule has 1 amide bonds. The lowest BCUT2D eigenvalue weighted by Gasteiger charge is -2.04. The standard InChI is InChI=1S/C19H16FNO4/c1-25-18-5-3-2-4-15(18)17(22)10-9-14-8-6-13(12-16(14)20)7-11-19(23)21-24/h2-12,24H,1H3,(H,21,23). The smallest absolute Gasteiger partial charge is 0.267 e. The minimum atomic E-state index is -0.716. The summed E-state index contributed by atoms with van der Waals surface area (Å²) >= 11 is 0. The predicted molar refractivity (Wildman–Crippen MR) is 91.7 cm³/mol. The zero-order valence-corrected chi connectivity index (χ0v) is 13.4. The number of carbonyl (C=O) groups excluding carboxylic acids is 2. The Morgan fingerprint density at radius 1 is 1.12 bits per heavy atom. The first kappa shape index (κ1) is 18.1. The van der Waals surface area contributed by atoms with Crippen molar-refractivity contribution in [2.45, 2.75) is 0 Å². The van der Waals surface area contributed by atoms with Crippen LogP contribution in [0.15, 0.2) is 54.6 Å². The summed E-state index contributed by atoms with van der Waals surface area (Å²) in [5, 5.41) is 8.39. The van der Waals surface area contributed by atoms with Crippen molar-refractivity contribution in [1.29, 1.82) is 0 Å². The third-order valence-electron chi connectivity index (χ3n) is 3.35. The first-order chi connectivity index (χ1) is 12.0. The van der Waals surface area contributed by atoms with Gasteiger partial charge in [0.1, 0.15) is 11.6 Å². The molecule has 0 atom stereocenters. The number of amides is 1. The lowest BCUT2D eigenvalue weighted by molar-refractivity contribution is -0.124. The number of hydrogen-bond donors (Lipinski definition) is 2. The first-order valence-corrected chi connectivity index (χ1v) is 7.32. The van der Waals surface area contributed by atoms with Crippen molar-refractivity contribution in [3.8, 4) is 5.75 Å². The minimum absolute atomic E-state index is 0.229. The number of hydrogen-bond acceptors (Lipinski definition) is 4. The van der Waals surface area contributed by atoms with E-state index in [9.17, 15) is 14.0 Å². The lowest BCUT2D eigenvalue weighted by atomic mass is 10.1. The summed E-state index contributed by atoms with van der Waals surface area (Å²) < 4.78 is 19.2. The zero-order chi connectivity index (χ0) is 18.2. The molecule has 0 aliphatic rings. The molecule has 0 spiro atoms. The Labute approximate surface area is 144 Å². The number of nitrogens with one attached hydrogen (secondary N) is 1. The zero-order valence-electron chi connectivity index (χ0n) is 13.4. The molecule has 2 N–H and O–H groups in total. The highest BCUT2D eigenvalue weighted by atomic mass is 19.1. The third kappa shape index (κ3) is 4.86. The quantitative estimate of drug-likeness (QED) is 0.366. The van der Waals surface area contributed by atoms with Crippen molar-refractivity contribution in [2.75, 3.05) is 7.11 Å². The second-order valence-electron chi connectivity index (χ2n) is 4.99. The molecule has 0 saturated carbocycles. The predicted octanol–water partition coefficient (Wildman–Crippen LogP) is 3.25. The average molecular weight is 341 g/mol. The van der Waals surface area contributed by atoms with Crippen molar-refractivity contribution in [3.05, 3.63) is 77.1 Å². The van der Waals surface area contributed by atoms with Crippen LogP contribution in [0.25, 0.3) is 12.2 Å². The number of methoxy groups -OCH3 is 1. The maximum atomic E-state index is 14.1. The number of hydroxylamine groups is 1. The van der Waals surface area contributed by atoms with E-state index >= 15 is 0 Å². The van der Waals surface area contributed by atoms with Gasteiger partial charge in [-0.15, -0.1) is 0 Å². The molecule has 0 aromatic heterocycles. The Kier molecular flexibility index (Phi) is 6.20. The summed E-state index contributed by atoms with van der Waals surface area (Å²) in [4.78, 5) is 23.1. The third-order valence-corrected chi connectivity index (χ3v) is 3.35. The van der Waals surface area contributed by atoms with Gasteiger partial charge in [-0.25, -0.2) is 9.87 Å². The molecule has 2 aromatic rings. The fourth-order valence-corrected chi connectivity index (χ4v) is 2.09. The van der Waals surface area contributed by atoms with Gasteiger partial charge in [0.05, 0.1) is 12.7 Å². The van der Waals surface area contributed by atoms with Gasteiger partial charge in [0.2, 0.25) is 0 Å². The Hall–Kier alpha value is -3.25. The molecule has 0 heterocycles. The van der Waals surface area contributed by atoms with Crippen LogP contribution in [0, 0.1) is 5.82 Å². The molecule has 5 nitrogen and oxygen atoms in total. The molecule has 2 aromatic carbocycles. The van der Waals surface area contributed by atoms with Crippen molar-refractivity contribution in [1.82, 2.24) is 5.48 Å². The van der Waals surface area contributed by atoms with E-state index in [0.29, 0.717) is 16.9 Å². The number of rotatable bonds is 6. The molecular weight excluding hydrogens is 325 g/mol. The molecule has 0 bridgehead atoms. The number of halogens is 1. The summed E-state index contributed by atoms with van der Waals surface area (Å²) in [5.41, 5.74) is 2.49. The van der Waals surface area contributed by atoms with Crippen LogP contribution < -0.4 is 10.2 Å². The fourth-order valence-electron chi connectivity index (χ4n) is 2.09. The largest absolute Gasteiger partial charge is 0.496 e. The average Bonchev–Trinajstić information content (AvgIpc) is 2.64. The Balaban J connectivity index is 2.17. The van der Waals surface area contributed by atoms with Crippen LogP contribution >= 0.6 is 0 Å². The van der Waals surface area contributed by atoms with E-state index in [4.69, 9.17) is 9.94 Å². The van der Waals surface area contributed by atoms with Crippen LogP contribution in [-0.4, -0.2) is 24.0 Å². The van der Waals surface area contributed by atoms with Gasteiger partial charge in [-0.1, -0.05) is 24.3 Å². The van der Waals surface area contributed by atoms with Gasteiger partial charge in [0.25, 0.3) is 5.91 Å². The number of benzene rings is 2. The van der Waals surface area contributed by atoms with Crippen LogP contribution in [0.2, 0.25) is 0 Å². The van der Waals surface area contributed by atoms with Crippen molar-refractivity contribution >= 4 is 23.8 Å². The number of carbonyl (C=O) groups is 2. The molecular formula is C19H16FNO4. The van der Waals surface area contributed by atoms with Gasteiger partial charge in [0, 0.05) is 11.6 Å². The second-order valence-corrected chi connectivity index (χ2v) is 4.99. The molecule has 0 saturated heterocycles. The van der Waals surface area contributed by atoms with Crippen LogP contribution in [0.5, 0.6) is 5.75 Å². The highest BCUT2D eigenvalue weighted by Crippen LogP contribution is 2.19. The topological polar surface area (TPSA) is 75.6 Å². The number of allylic oxidation sites excluding steroid dienone is 1. The minimum Gasteiger partial charge on any atom is -0.496 e. The Morgan fingerprint density at radius 3 is 2.56 bits per heavy atom. The molecule has 0 unspecified atom stereocenters. The molecule has 6 heteroatoms. The normalized spacial score (nSPS) is 11.0. The summed E-state index contributed by atoms with van der Waals surface area (Å²) in [6, 6.07) is 11.0. The van der Waals surface area contributed by atoms with E-state index in [-0.39, 0.29) is 11.3 Å². The van der Waals surface area contributed by atoms with Gasteiger partial charge in [-0.05, 0) is 42.0 Å². The summed E-state index contributed by atoms with van der Waals surface area (Å²) in [5.74, 6) is -1.12. The van der Waals surface area contributed by atoms with Gasteiger partial charge < -0.3 is 4.74 Å². The summed E-state index contributed by atoms with van der Waals surface area (Å²) in [7, 11) is 1.47. The van der Waals surface area contributed by atoms with E-state index in [0.717, 1.165) is 6.08 Å². The number of para-hydroxylation sites is 1. The van der Waals surface area contributed by atoms with E-state index in [1.54, 1.807) is 30.3 Å². The molecule has 2 rings (SSSR count). The SMILES string of the molecule is COc1ccccc1C(=O)C=Cc1ccc(C=CC(=O)NO)cc1F. The van der Waals surface area contributed by atoms with Crippen LogP contribution in [0.3, 0.4) is 0 Å². The number of ketones is 1. The van der Waals surface area contributed by atoms with Crippen LogP contribution in [0.1, 0.15) is 21.5 Å². The molecule has 0 aliphatic carbocycles. The van der Waals surface area contributed by atoms with E-state index in [1.165, 1.54) is 43.0 Å². The summed E-state index contributed by atoms with van der Waals surface area (Å²) in [6.07, 6.45) is 5.06. The van der Waals surface area contributed by atoms with E-state index in [2.05, 4.69) is 0 Å². The van der Waals surface area contributed by atoms with Gasteiger partial charge in [0.15, 0.2) is 5.78 Å². The van der Waals surface area contributed by atoms with E-state index in [1.807, 2.05) is 0 Å². The number of ether oxygens (including phenoxy) is 1. The highest BCUT2D eigenvalue weighted by Gasteiger charge is 2.08. The maximum absolute atomic E-state index is 14.1. The molecule has 0 fully saturated rings. The highest BCUT2D eigenvalue weighted by molar-refractivity contribution is 6.08. The van der Waals surface area contributed by atoms with Gasteiger partial charge >= 0.3 is 0 Å². The molecule has 25 heavy (non-hydrogen) atoms. The van der Waals surface area contributed by atoms with Gasteiger partial charge in [-0.2, -0.15) is 0 Å². The van der Waals surface area contributed by atoms with Crippen LogP contribution in [-0.2, 0) is 4.79 Å².